The molecule has 118 valence electrons. The highest BCUT2D eigenvalue weighted by atomic mass is 35.5. The third-order valence-corrected chi connectivity index (χ3v) is 5.98. The normalized spacial score (nSPS) is 29.5. The molecule has 22 heavy (non-hydrogen) atoms. The van der Waals surface area contributed by atoms with E-state index in [-0.39, 0.29) is 0 Å². The number of aliphatic imine (C=N–C) groups is 1. The number of hydrogen-bond donors (Lipinski definition) is 1. The summed E-state index contributed by atoms with van der Waals surface area (Å²) >= 11 is 6.10. The number of likely N-dealkylation sites (tertiary alicyclic amines) is 1. The zero-order valence-corrected chi connectivity index (χ0v) is 13.9. The van der Waals surface area contributed by atoms with Gasteiger partial charge in [0, 0.05) is 37.1 Å². The fraction of sp³-hybridized carbons (Fsp3) is 0.611. The average molecular weight is 318 g/mol. The lowest BCUT2D eigenvalue weighted by Crippen LogP contribution is -2.43. The van der Waals surface area contributed by atoms with Gasteiger partial charge in [0.2, 0.25) is 0 Å². The number of hydrogen-bond acceptors (Lipinski definition) is 1. The predicted octanol–water partition coefficient (Wildman–Crippen LogP) is 3.65. The van der Waals surface area contributed by atoms with Crippen molar-refractivity contribution in [1.82, 2.24) is 10.2 Å². The molecule has 0 bridgehead atoms. The summed E-state index contributed by atoms with van der Waals surface area (Å²) in [4.78, 5) is 6.99. The maximum Gasteiger partial charge on any atom is 0.193 e. The SMILES string of the molecule is CN=C(NC1CC1c1cccc(Cl)c1)N1CCC2(CCC2)C1. The molecule has 2 aliphatic carbocycles. The van der Waals surface area contributed by atoms with Crippen LogP contribution in [0.1, 0.15) is 43.6 Å². The van der Waals surface area contributed by atoms with Crippen LogP contribution in [-0.4, -0.2) is 37.0 Å². The van der Waals surface area contributed by atoms with Gasteiger partial charge in [-0.25, -0.2) is 0 Å². The van der Waals surface area contributed by atoms with Crippen molar-refractivity contribution in [2.75, 3.05) is 20.1 Å². The highest BCUT2D eigenvalue weighted by Crippen LogP contribution is 2.48. The number of nitrogens with one attached hydrogen (secondary N) is 1. The van der Waals surface area contributed by atoms with E-state index >= 15 is 0 Å². The maximum absolute atomic E-state index is 6.10. The Morgan fingerprint density at radius 3 is 2.86 bits per heavy atom. The van der Waals surface area contributed by atoms with Crippen LogP contribution in [0.25, 0.3) is 0 Å². The van der Waals surface area contributed by atoms with Crippen molar-refractivity contribution in [3.63, 3.8) is 0 Å². The van der Waals surface area contributed by atoms with Gasteiger partial charge in [0.1, 0.15) is 0 Å². The first-order chi connectivity index (χ1) is 10.7. The summed E-state index contributed by atoms with van der Waals surface area (Å²) in [6, 6.07) is 8.77. The molecule has 2 saturated carbocycles. The van der Waals surface area contributed by atoms with E-state index in [1.54, 1.807) is 0 Å². The molecule has 4 rings (SSSR count). The lowest BCUT2D eigenvalue weighted by Gasteiger charge is -2.38. The first-order valence-electron chi connectivity index (χ1n) is 8.43. The second kappa shape index (κ2) is 5.45. The molecule has 2 atom stereocenters. The first-order valence-corrected chi connectivity index (χ1v) is 8.81. The molecule has 0 aromatic heterocycles. The molecule has 1 aromatic rings. The van der Waals surface area contributed by atoms with Gasteiger partial charge < -0.3 is 10.2 Å². The van der Waals surface area contributed by atoms with E-state index in [4.69, 9.17) is 11.6 Å². The molecule has 3 aliphatic rings. The van der Waals surface area contributed by atoms with Gasteiger partial charge in [-0.2, -0.15) is 0 Å². The Hall–Kier alpha value is -1.22. The molecular weight excluding hydrogens is 294 g/mol. The molecule has 1 aliphatic heterocycles. The van der Waals surface area contributed by atoms with Crippen molar-refractivity contribution in [2.45, 2.75) is 44.1 Å². The molecule has 2 unspecified atom stereocenters. The fourth-order valence-electron chi connectivity index (χ4n) is 4.12. The van der Waals surface area contributed by atoms with E-state index < -0.39 is 0 Å². The van der Waals surface area contributed by atoms with Crippen LogP contribution in [0.4, 0.5) is 0 Å². The van der Waals surface area contributed by atoms with E-state index in [9.17, 15) is 0 Å². The van der Waals surface area contributed by atoms with Crippen LogP contribution in [0.2, 0.25) is 5.02 Å². The standard InChI is InChI=1S/C18H24ClN3/c1-20-17(22-9-8-18(12-22)6-3-7-18)21-16-11-15(16)13-4-2-5-14(19)10-13/h2,4-5,10,15-16H,3,6-9,11-12H2,1H3,(H,20,21). The molecule has 1 aromatic carbocycles. The minimum atomic E-state index is 0.509. The highest BCUT2D eigenvalue weighted by molar-refractivity contribution is 6.30. The lowest BCUT2D eigenvalue weighted by atomic mass is 9.68. The average Bonchev–Trinajstić information content (AvgIpc) is 3.10. The molecule has 1 heterocycles. The third-order valence-electron chi connectivity index (χ3n) is 5.75. The Morgan fingerprint density at radius 2 is 2.23 bits per heavy atom. The van der Waals surface area contributed by atoms with Crippen molar-refractivity contribution in [2.24, 2.45) is 10.4 Å². The highest BCUT2D eigenvalue weighted by Gasteiger charge is 2.45. The molecule has 3 nitrogen and oxygen atoms in total. The minimum Gasteiger partial charge on any atom is -0.353 e. The molecule has 3 fully saturated rings. The van der Waals surface area contributed by atoms with Gasteiger partial charge in [-0.1, -0.05) is 30.2 Å². The molecular formula is C18H24ClN3. The third kappa shape index (κ3) is 2.60. The van der Waals surface area contributed by atoms with Gasteiger partial charge in [0.25, 0.3) is 0 Å². The van der Waals surface area contributed by atoms with Gasteiger partial charge in [0.05, 0.1) is 0 Å². The molecule has 4 heteroatoms. The largest absolute Gasteiger partial charge is 0.353 e. The van der Waals surface area contributed by atoms with Gasteiger partial charge in [-0.05, 0) is 48.8 Å². The summed E-state index contributed by atoms with van der Waals surface area (Å²) in [5.74, 6) is 1.68. The van der Waals surface area contributed by atoms with Crippen molar-refractivity contribution in [3.05, 3.63) is 34.9 Å². The summed E-state index contributed by atoms with van der Waals surface area (Å²) in [5.41, 5.74) is 1.96. The van der Waals surface area contributed by atoms with Gasteiger partial charge >= 0.3 is 0 Å². The molecule has 1 saturated heterocycles. The summed E-state index contributed by atoms with van der Waals surface area (Å²) in [6.07, 6.45) is 6.76. The number of rotatable bonds is 2. The van der Waals surface area contributed by atoms with Crippen molar-refractivity contribution < 1.29 is 0 Å². The van der Waals surface area contributed by atoms with E-state index in [1.807, 2.05) is 19.2 Å². The Balaban J connectivity index is 1.37. The zero-order valence-electron chi connectivity index (χ0n) is 13.2. The van der Waals surface area contributed by atoms with E-state index in [1.165, 1.54) is 44.2 Å². The first kappa shape index (κ1) is 14.4. The zero-order chi connectivity index (χ0) is 15.2. The predicted molar refractivity (Wildman–Crippen MR) is 91.6 cm³/mol. The second-order valence-corrected chi connectivity index (χ2v) is 7.66. The molecule has 1 spiro atoms. The van der Waals surface area contributed by atoms with Crippen LogP contribution in [0, 0.1) is 5.41 Å². The van der Waals surface area contributed by atoms with Crippen LogP contribution in [0.5, 0.6) is 0 Å². The van der Waals surface area contributed by atoms with Crippen LogP contribution in [-0.2, 0) is 0 Å². The monoisotopic (exact) mass is 317 g/mol. The topological polar surface area (TPSA) is 27.6 Å². The number of nitrogens with zero attached hydrogens (tertiary/aromatic N) is 2. The van der Waals surface area contributed by atoms with E-state index in [0.29, 0.717) is 17.4 Å². The Labute approximate surface area is 137 Å². The summed E-state index contributed by atoms with van der Waals surface area (Å²) < 4.78 is 0. The molecule has 1 N–H and O–H groups in total. The van der Waals surface area contributed by atoms with Gasteiger partial charge in [-0.15, -0.1) is 0 Å². The molecule has 0 radical (unpaired) electrons. The van der Waals surface area contributed by atoms with E-state index in [2.05, 4.69) is 27.3 Å². The maximum atomic E-state index is 6.10. The molecule has 0 amide bonds. The number of halogens is 1. The Bertz CT molecular complexity index is 594. The summed E-state index contributed by atoms with van der Waals surface area (Å²) in [6.45, 7) is 2.36. The van der Waals surface area contributed by atoms with Crippen LogP contribution in [0.15, 0.2) is 29.3 Å². The van der Waals surface area contributed by atoms with Crippen LogP contribution in [0.3, 0.4) is 0 Å². The van der Waals surface area contributed by atoms with E-state index in [0.717, 1.165) is 17.5 Å². The van der Waals surface area contributed by atoms with Gasteiger partial charge in [-0.3, -0.25) is 4.99 Å². The quantitative estimate of drug-likeness (QED) is 0.666. The number of benzene rings is 1. The number of guanidine groups is 1. The summed E-state index contributed by atoms with van der Waals surface area (Å²) in [7, 11) is 1.91. The van der Waals surface area contributed by atoms with Crippen LogP contribution < -0.4 is 5.32 Å². The Morgan fingerprint density at radius 1 is 1.36 bits per heavy atom. The fourth-order valence-corrected chi connectivity index (χ4v) is 4.32. The van der Waals surface area contributed by atoms with Crippen molar-refractivity contribution >= 4 is 17.6 Å². The minimum absolute atomic E-state index is 0.509. The summed E-state index contributed by atoms with van der Waals surface area (Å²) in [5, 5.41) is 4.50. The Kier molecular flexibility index (Phi) is 3.56. The van der Waals surface area contributed by atoms with Crippen molar-refractivity contribution in [1.29, 1.82) is 0 Å². The van der Waals surface area contributed by atoms with Gasteiger partial charge in [0.15, 0.2) is 5.96 Å². The van der Waals surface area contributed by atoms with Crippen LogP contribution >= 0.6 is 11.6 Å². The lowest BCUT2D eigenvalue weighted by molar-refractivity contribution is 0.151. The second-order valence-electron chi connectivity index (χ2n) is 7.22. The van der Waals surface area contributed by atoms with Crippen molar-refractivity contribution in [3.8, 4) is 0 Å². The smallest absolute Gasteiger partial charge is 0.193 e.